The van der Waals surface area contributed by atoms with Gasteiger partial charge in [-0.2, -0.15) is 0 Å². The van der Waals surface area contributed by atoms with E-state index in [1.165, 1.54) is 16.7 Å². The van der Waals surface area contributed by atoms with Gasteiger partial charge in [0.2, 0.25) is 5.91 Å². The summed E-state index contributed by atoms with van der Waals surface area (Å²) < 4.78 is 2.06. The summed E-state index contributed by atoms with van der Waals surface area (Å²) in [4.78, 5) is 30.2. The fraction of sp³-hybridized carbons (Fsp3) is 0.562. The van der Waals surface area contributed by atoms with E-state index in [2.05, 4.69) is 9.55 Å². The molecule has 0 aliphatic carbocycles. The number of rotatable bonds is 4. The average molecular weight is 371 g/mol. The Labute approximate surface area is 171 Å². The molecule has 1 aromatic heterocycles. The van der Waals surface area contributed by atoms with Gasteiger partial charge in [-0.05, 0) is 6.92 Å². The number of carbonyl (C=O) groups is 2. The van der Waals surface area contributed by atoms with Gasteiger partial charge in [0, 0.05) is 41.4 Å². The second-order valence-electron chi connectivity index (χ2n) is 6.69. The van der Waals surface area contributed by atoms with Gasteiger partial charge in [-0.3, -0.25) is 4.79 Å². The van der Waals surface area contributed by atoms with Crippen LogP contribution in [-0.4, -0.2) is 48.8 Å². The Bertz CT molecular complexity index is 742. The third-order valence-corrected chi connectivity index (χ3v) is 6.68. The number of amides is 1. The molecule has 25 heavy (non-hydrogen) atoms. The Morgan fingerprint density at radius 3 is 2.84 bits per heavy atom. The first kappa shape index (κ1) is 19.0. The van der Waals surface area contributed by atoms with Crippen LogP contribution in [0, 0.1) is 11.8 Å². The van der Waals surface area contributed by atoms with E-state index < -0.39 is 18.0 Å². The zero-order chi connectivity index (χ0) is 17.2. The molecule has 1 fully saturated rings. The van der Waals surface area contributed by atoms with Gasteiger partial charge in [-0.1, -0.05) is 6.92 Å². The molecule has 3 aliphatic rings. The largest absolute Gasteiger partial charge is 1.00 e. The molecular formula is C16H18N3NaO4S. The van der Waals surface area contributed by atoms with E-state index in [-0.39, 0.29) is 58.4 Å². The molecule has 1 saturated heterocycles. The van der Waals surface area contributed by atoms with Crippen molar-refractivity contribution in [2.75, 3.05) is 0 Å². The molecule has 0 aromatic carbocycles. The van der Waals surface area contributed by atoms with Crippen molar-refractivity contribution in [3.63, 3.8) is 0 Å². The van der Waals surface area contributed by atoms with Crippen LogP contribution in [0.5, 0.6) is 0 Å². The van der Waals surface area contributed by atoms with E-state index in [1.807, 2.05) is 13.1 Å². The van der Waals surface area contributed by atoms with E-state index in [0.717, 1.165) is 18.8 Å². The van der Waals surface area contributed by atoms with Crippen LogP contribution < -0.4 is 34.7 Å². The van der Waals surface area contributed by atoms with Gasteiger partial charge in [-0.25, -0.2) is 4.98 Å². The van der Waals surface area contributed by atoms with Crippen molar-refractivity contribution in [1.82, 2.24) is 14.5 Å². The molecule has 7 nitrogen and oxygen atoms in total. The van der Waals surface area contributed by atoms with Crippen LogP contribution in [-0.2, 0) is 22.6 Å². The predicted octanol–water partition coefficient (Wildman–Crippen LogP) is -3.64. The molecule has 0 radical (unpaired) electrons. The van der Waals surface area contributed by atoms with Crippen molar-refractivity contribution in [1.29, 1.82) is 0 Å². The number of β-lactam (4-membered cyclic amide) rings is 1. The minimum atomic E-state index is -1.32. The Kier molecular flexibility index (Phi) is 5.11. The summed E-state index contributed by atoms with van der Waals surface area (Å²) in [5.74, 6) is -1.30. The van der Waals surface area contributed by atoms with Crippen LogP contribution in [0.4, 0.5) is 0 Å². The molecule has 3 aliphatic heterocycles. The molecule has 9 heteroatoms. The molecule has 0 saturated carbocycles. The first-order valence-electron chi connectivity index (χ1n) is 8.03. The van der Waals surface area contributed by atoms with Crippen LogP contribution >= 0.6 is 11.8 Å². The number of fused-ring (bicyclic) bond motifs is 2. The smallest absolute Gasteiger partial charge is 0.543 e. The maximum Gasteiger partial charge on any atom is 1.00 e. The van der Waals surface area contributed by atoms with E-state index in [0.29, 0.717) is 4.91 Å². The molecule has 4 heterocycles. The number of carbonyl (C=O) groups excluding carboxylic acids is 2. The fourth-order valence-electron chi connectivity index (χ4n) is 4.11. The quantitative estimate of drug-likeness (QED) is 0.433. The molecule has 0 bridgehead atoms. The van der Waals surface area contributed by atoms with E-state index in [1.54, 1.807) is 13.1 Å². The number of carboxylic acids is 1. The molecular weight excluding hydrogens is 353 g/mol. The summed E-state index contributed by atoms with van der Waals surface area (Å²) in [5.41, 5.74) is -0.0102. The number of nitrogens with zero attached hydrogens (tertiary/aromatic N) is 3. The number of hydrogen-bond acceptors (Lipinski definition) is 6. The van der Waals surface area contributed by atoms with Crippen LogP contribution in [0.3, 0.4) is 0 Å². The van der Waals surface area contributed by atoms with Crippen LogP contribution in [0.1, 0.15) is 19.7 Å². The van der Waals surface area contributed by atoms with Gasteiger partial charge >= 0.3 is 29.6 Å². The first-order valence-corrected chi connectivity index (χ1v) is 8.91. The number of aromatic nitrogens is 2. The number of hydrogen-bond donors (Lipinski definition) is 1. The van der Waals surface area contributed by atoms with Crippen LogP contribution in [0.25, 0.3) is 0 Å². The Morgan fingerprint density at radius 1 is 1.52 bits per heavy atom. The van der Waals surface area contributed by atoms with Crippen molar-refractivity contribution in [3.05, 3.63) is 28.8 Å². The minimum Gasteiger partial charge on any atom is -0.543 e. The monoisotopic (exact) mass is 371 g/mol. The third-order valence-electron chi connectivity index (χ3n) is 5.21. The predicted molar refractivity (Wildman–Crippen MR) is 84.3 cm³/mol. The standard InChI is InChI=1S/C16H19N3O4S.Na/c1-7-12-11(8(2)20)15(21)19(12)13(16(22)23)14(7)24-9-5-10-17-3-4-18(10)6-9;/h3-4,7-9,11-12,20H,5-6H2,1-2H3,(H,22,23);/q;+1/p-1/t7-,8-,9+,11-,12+;/m1./s1. The van der Waals surface area contributed by atoms with Gasteiger partial charge in [0.05, 0.1) is 29.7 Å². The molecule has 1 amide bonds. The maximum absolute atomic E-state index is 12.3. The van der Waals surface area contributed by atoms with Crippen LogP contribution in [0.2, 0.25) is 0 Å². The van der Waals surface area contributed by atoms with Gasteiger partial charge in [0.25, 0.3) is 0 Å². The molecule has 1 N–H and O–H groups in total. The van der Waals surface area contributed by atoms with Gasteiger partial charge in [0.15, 0.2) is 0 Å². The van der Waals surface area contributed by atoms with Crippen molar-refractivity contribution in [3.8, 4) is 0 Å². The number of carboxylic acid groups (broad SMARTS) is 1. The summed E-state index contributed by atoms with van der Waals surface area (Å²) in [6.45, 7) is 4.27. The SMILES string of the molecule is C[C@@H](O)[C@H]1C(=O)N2C(C(=O)[O-])=C(S[C@H]3Cc4nccn4C3)[C@H](C)[C@@H]12.[Na+]. The molecule has 4 rings (SSSR count). The summed E-state index contributed by atoms with van der Waals surface area (Å²) in [5, 5.41) is 21.7. The maximum atomic E-state index is 12.3. The van der Waals surface area contributed by atoms with E-state index >= 15 is 0 Å². The zero-order valence-corrected chi connectivity index (χ0v) is 17.2. The van der Waals surface area contributed by atoms with E-state index in [4.69, 9.17) is 0 Å². The van der Waals surface area contributed by atoms with Crippen molar-refractivity contribution < 1.29 is 49.4 Å². The summed E-state index contributed by atoms with van der Waals surface area (Å²) >= 11 is 1.51. The Hall–Kier alpha value is -0.800. The molecule has 0 unspecified atom stereocenters. The van der Waals surface area contributed by atoms with Crippen molar-refractivity contribution >= 4 is 23.6 Å². The molecule has 5 atom stereocenters. The summed E-state index contributed by atoms with van der Waals surface area (Å²) in [6, 6.07) is -0.286. The number of thioether (sulfide) groups is 1. The Morgan fingerprint density at radius 2 is 2.24 bits per heavy atom. The third kappa shape index (κ3) is 2.78. The minimum absolute atomic E-state index is 0. The van der Waals surface area contributed by atoms with Gasteiger partial charge in [0.1, 0.15) is 5.82 Å². The second-order valence-corrected chi connectivity index (χ2v) is 8.04. The molecule has 0 spiro atoms. The number of imidazole rings is 1. The average Bonchev–Trinajstić information content (AvgIpc) is 3.12. The summed E-state index contributed by atoms with van der Waals surface area (Å²) in [6.07, 6.45) is 3.66. The van der Waals surface area contributed by atoms with Gasteiger partial charge in [-0.15, -0.1) is 11.8 Å². The van der Waals surface area contributed by atoms with Crippen molar-refractivity contribution in [2.24, 2.45) is 11.8 Å². The topological polar surface area (TPSA) is 98.5 Å². The normalized spacial score (nSPS) is 31.3. The van der Waals surface area contributed by atoms with Gasteiger partial charge < -0.3 is 24.5 Å². The Balaban J connectivity index is 0.00000182. The number of aliphatic hydroxyl groups is 1. The van der Waals surface area contributed by atoms with Crippen molar-refractivity contribution in [2.45, 2.75) is 44.2 Å². The number of aliphatic carboxylic acids is 1. The summed E-state index contributed by atoms with van der Waals surface area (Å²) in [7, 11) is 0. The van der Waals surface area contributed by atoms with E-state index in [9.17, 15) is 19.8 Å². The fourth-order valence-corrected chi connectivity index (χ4v) is 5.59. The first-order chi connectivity index (χ1) is 11.4. The van der Waals surface area contributed by atoms with Crippen LogP contribution in [0.15, 0.2) is 23.0 Å². The number of aliphatic hydroxyl groups excluding tert-OH is 1. The zero-order valence-electron chi connectivity index (χ0n) is 14.4. The molecule has 1 aromatic rings. The second kappa shape index (κ2) is 6.74. The molecule has 128 valence electrons.